The molecule has 0 spiro atoms. The van der Waals surface area contributed by atoms with E-state index in [1.165, 1.54) is 6.07 Å². The minimum Gasteiger partial charge on any atom is -0.398 e. The molecule has 0 atom stereocenters. The molecule has 0 saturated carbocycles. The van der Waals surface area contributed by atoms with Crippen LogP contribution in [0.4, 0.5) is 18.9 Å². The van der Waals surface area contributed by atoms with Gasteiger partial charge in [-0.25, -0.2) is 4.98 Å². The average molecular weight is 288 g/mol. The number of nitrogen functional groups attached to an aromatic ring is 1. The van der Waals surface area contributed by atoms with Crippen molar-refractivity contribution in [2.75, 3.05) is 5.73 Å². The van der Waals surface area contributed by atoms with Crippen molar-refractivity contribution in [1.29, 1.82) is 0 Å². The maximum Gasteiger partial charge on any atom is 0.419 e. The van der Waals surface area contributed by atoms with Crippen molar-refractivity contribution in [3.8, 4) is 0 Å². The monoisotopic (exact) mass is 288 g/mol. The molecule has 0 aromatic carbocycles. The van der Waals surface area contributed by atoms with Crippen LogP contribution >= 0.6 is 22.6 Å². The van der Waals surface area contributed by atoms with Crippen LogP contribution in [0.5, 0.6) is 0 Å². The lowest BCUT2D eigenvalue weighted by molar-refractivity contribution is -0.137. The second kappa shape index (κ2) is 3.08. The average Bonchev–Trinajstić information content (AvgIpc) is 1.83. The van der Waals surface area contributed by atoms with Gasteiger partial charge in [-0.05, 0) is 28.7 Å². The van der Waals surface area contributed by atoms with E-state index in [9.17, 15) is 13.2 Å². The number of hydrogen-bond acceptors (Lipinski definition) is 2. The van der Waals surface area contributed by atoms with Gasteiger partial charge in [-0.2, -0.15) is 13.2 Å². The molecular formula is C6H4F3IN2. The lowest BCUT2D eigenvalue weighted by atomic mass is 10.2. The Hall–Kier alpha value is -0.530. The van der Waals surface area contributed by atoms with E-state index in [1.54, 1.807) is 22.6 Å². The summed E-state index contributed by atoms with van der Waals surface area (Å²) in [7, 11) is 0. The molecule has 66 valence electrons. The lowest BCUT2D eigenvalue weighted by Gasteiger charge is -2.08. The van der Waals surface area contributed by atoms with Crippen LogP contribution in [0.25, 0.3) is 0 Å². The van der Waals surface area contributed by atoms with Gasteiger partial charge in [0, 0.05) is 11.9 Å². The highest BCUT2D eigenvalue weighted by molar-refractivity contribution is 14.1. The van der Waals surface area contributed by atoms with E-state index in [0.29, 0.717) is 3.70 Å². The standard InChI is InChI=1S/C6H4F3IN2/c7-6(8,9)3-2-12-5(10)1-4(3)11/h1-2H,(H2,11,12). The van der Waals surface area contributed by atoms with Gasteiger partial charge in [0.2, 0.25) is 0 Å². The number of nitrogens with zero attached hydrogens (tertiary/aromatic N) is 1. The van der Waals surface area contributed by atoms with E-state index in [1.807, 2.05) is 0 Å². The Morgan fingerprint density at radius 3 is 2.42 bits per heavy atom. The van der Waals surface area contributed by atoms with Crippen LogP contribution in [0.3, 0.4) is 0 Å². The molecule has 12 heavy (non-hydrogen) atoms. The molecule has 6 heteroatoms. The van der Waals surface area contributed by atoms with Gasteiger partial charge in [-0.15, -0.1) is 0 Å². The first kappa shape index (κ1) is 9.56. The van der Waals surface area contributed by atoms with Gasteiger partial charge < -0.3 is 5.73 Å². The SMILES string of the molecule is Nc1cc(I)ncc1C(F)(F)F. The third-order valence-electron chi connectivity index (χ3n) is 1.21. The first-order valence-electron chi connectivity index (χ1n) is 2.89. The number of hydrogen-bond donors (Lipinski definition) is 1. The zero-order valence-electron chi connectivity index (χ0n) is 5.69. The van der Waals surface area contributed by atoms with Gasteiger partial charge in [0.15, 0.2) is 0 Å². The molecule has 0 aliphatic rings. The van der Waals surface area contributed by atoms with Gasteiger partial charge in [-0.3, -0.25) is 0 Å². The highest BCUT2D eigenvalue weighted by Crippen LogP contribution is 2.32. The van der Waals surface area contributed by atoms with Crippen molar-refractivity contribution < 1.29 is 13.2 Å². The van der Waals surface area contributed by atoms with Crippen LogP contribution in [0, 0.1) is 3.70 Å². The van der Waals surface area contributed by atoms with Gasteiger partial charge in [0.05, 0.1) is 5.56 Å². The molecule has 0 unspecified atom stereocenters. The minimum atomic E-state index is -4.42. The second-order valence-corrected chi connectivity index (χ2v) is 3.20. The third-order valence-corrected chi connectivity index (χ3v) is 1.80. The Morgan fingerprint density at radius 1 is 1.42 bits per heavy atom. The smallest absolute Gasteiger partial charge is 0.398 e. The normalized spacial score (nSPS) is 11.7. The predicted molar refractivity (Wildman–Crippen MR) is 46.4 cm³/mol. The van der Waals surface area contributed by atoms with Crippen LogP contribution in [0.15, 0.2) is 12.3 Å². The Bertz CT molecular complexity index is 297. The van der Waals surface area contributed by atoms with Gasteiger partial charge >= 0.3 is 6.18 Å². The summed E-state index contributed by atoms with van der Waals surface area (Å²) >= 11 is 1.79. The largest absolute Gasteiger partial charge is 0.419 e. The topological polar surface area (TPSA) is 38.9 Å². The molecule has 0 fully saturated rings. The van der Waals surface area contributed by atoms with E-state index in [2.05, 4.69) is 4.98 Å². The number of anilines is 1. The third kappa shape index (κ3) is 1.99. The fourth-order valence-electron chi connectivity index (χ4n) is 0.681. The highest BCUT2D eigenvalue weighted by Gasteiger charge is 2.33. The molecule has 1 aromatic heterocycles. The Balaban J connectivity index is 3.19. The number of halogens is 4. The number of pyridine rings is 1. The summed E-state index contributed by atoms with van der Waals surface area (Å²) in [6.45, 7) is 0. The van der Waals surface area contributed by atoms with E-state index in [-0.39, 0.29) is 5.69 Å². The molecule has 1 heterocycles. The summed E-state index contributed by atoms with van der Waals surface area (Å²) in [5.41, 5.74) is 3.97. The van der Waals surface area contributed by atoms with E-state index in [0.717, 1.165) is 6.20 Å². The Morgan fingerprint density at radius 2 is 2.00 bits per heavy atom. The fourth-order valence-corrected chi connectivity index (χ4v) is 1.16. The summed E-state index contributed by atoms with van der Waals surface area (Å²) in [5, 5.41) is 0. The summed E-state index contributed by atoms with van der Waals surface area (Å²) < 4.78 is 36.6. The summed E-state index contributed by atoms with van der Waals surface area (Å²) in [6.07, 6.45) is -3.68. The molecule has 1 rings (SSSR count). The number of rotatable bonds is 0. The van der Waals surface area contributed by atoms with E-state index >= 15 is 0 Å². The quantitative estimate of drug-likeness (QED) is 0.587. The fraction of sp³-hybridized carbons (Fsp3) is 0.167. The molecule has 0 saturated heterocycles. The van der Waals surface area contributed by atoms with Gasteiger partial charge in [-0.1, -0.05) is 0 Å². The summed E-state index contributed by atoms with van der Waals surface area (Å²) in [5.74, 6) is 0. The number of aromatic nitrogens is 1. The van der Waals surface area contributed by atoms with Crippen LogP contribution in [-0.2, 0) is 6.18 Å². The van der Waals surface area contributed by atoms with E-state index < -0.39 is 11.7 Å². The van der Waals surface area contributed by atoms with Crippen LogP contribution in [0.1, 0.15) is 5.56 Å². The lowest BCUT2D eigenvalue weighted by Crippen LogP contribution is -2.09. The van der Waals surface area contributed by atoms with Crippen molar-refractivity contribution in [2.24, 2.45) is 0 Å². The minimum absolute atomic E-state index is 0.290. The molecule has 1 aromatic rings. The zero-order chi connectivity index (χ0) is 9.35. The first-order chi connectivity index (χ1) is 5.41. The number of alkyl halides is 3. The molecule has 0 bridgehead atoms. The maximum atomic E-state index is 12.1. The van der Waals surface area contributed by atoms with Crippen molar-refractivity contribution >= 4 is 28.3 Å². The molecule has 0 aliphatic carbocycles. The van der Waals surface area contributed by atoms with Crippen LogP contribution in [-0.4, -0.2) is 4.98 Å². The molecule has 0 aliphatic heterocycles. The number of nitrogens with two attached hydrogens (primary N) is 1. The van der Waals surface area contributed by atoms with Crippen LogP contribution in [0.2, 0.25) is 0 Å². The zero-order valence-corrected chi connectivity index (χ0v) is 7.85. The molecular weight excluding hydrogens is 284 g/mol. The van der Waals surface area contributed by atoms with Crippen molar-refractivity contribution in [2.45, 2.75) is 6.18 Å². The van der Waals surface area contributed by atoms with Crippen molar-refractivity contribution in [3.63, 3.8) is 0 Å². The predicted octanol–water partition coefficient (Wildman–Crippen LogP) is 2.29. The summed E-state index contributed by atoms with van der Waals surface area (Å²) in [4.78, 5) is 3.49. The first-order valence-corrected chi connectivity index (χ1v) is 3.97. The Labute approximate surface area is 80.1 Å². The van der Waals surface area contributed by atoms with Gasteiger partial charge in [0.1, 0.15) is 3.70 Å². The van der Waals surface area contributed by atoms with Crippen LogP contribution < -0.4 is 5.73 Å². The van der Waals surface area contributed by atoms with Crippen molar-refractivity contribution in [3.05, 3.63) is 21.5 Å². The molecule has 2 N–H and O–H groups in total. The van der Waals surface area contributed by atoms with Gasteiger partial charge in [0.25, 0.3) is 0 Å². The van der Waals surface area contributed by atoms with Crippen molar-refractivity contribution in [1.82, 2.24) is 4.98 Å². The molecule has 0 amide bonds. The maximum absolute atomic E-state index is 12.1. The molecule has 2 nitrogen and oxygen atoms in total. The summed E-state index contributed by atoms with van der Waals surface area (Å²) in [6, 6.07) is 1.18. The Kier molecular flexibility index (Phi) is 2.45. The molecule has 0 radical (unpaired) electrons. The second-order valence-electron chi connectivity index (χ2n) is 2.09. The van der Waals surface area contributed by atoms with E-state index in [4.69, 9.17) is 5.73 Å². The highest BCUT2D eigenvalue weighted by atomic mass is 127.